The summed E-state index contributed by atoms with van der Waals surface area (Å²) in [5.41, 5.74) is 13.5. The van der Waals surface area contributed by atoms with Gasteiger partial charge in [-0.2, -0.15) is 5.10 Å². The van der Waals surface area contributed by atoms with Crippen LogP contribution in [0.5, 0.6) is 11.5 Å². The molecule has 0 spiro atoms. The highest BCUT2D eigenvalue weighted by Gasteiger charge is 2.27. The molecule has 4 N–H and O–H groups in total. The third kappa shape index (κ3) is 3.95. The number of nitrogens with zero attached hydrogens (tertiary/aromatic N) is 3. The summed E-state index contributed by atoms with van der Waals surface area (Å²) in [6.45, 7) is 1.89. The van der Waals surface area contributed by atoms with Gasteiger partial charge in [0.05, 0.1) is 6.04 Å². The fraction of sp³-hybridized carbons (Fsp3) is 0.273. The molecule has 1 fully saturated rings. The lowest BCUT2D eigenvalue weighted by Crippen LogP contribution is -2.34. The number of likely N-dealkylation sites (tertiary alicyclic amines) is 1. The number of anilines is 1. The molecule has 1 amide bonds. The third-order valence-electron chi connectivity index (χ3n) is 5.25. The van der Waals surface area contributed by atoms with Crippen molar-refractivity contribution in [3.63, 3.8) is 0 Å². The number of benzene rings is 2. The van der Waals surface area contributed by atoms with E-state index in [0.717, 1.165) is 37.2 Å². The molecule has 2 aromatic carbocycles. The number of likely N-dealkylation sites (N-methyl/N-ethyl adjacent to an activating group) is 1. The predicted octanol–water partition coefficient (Wildman–Crippen LogP) is 3.29. The topological polar surface area (TPSA) is 99.4 Å². The van der Waals surface area contributed by atoms with Crippen LogP contribution in [0.4, 0.5) is 5.82 Å². The van der Waals surface area contributed by atoms with Gasteiger partial charge in [-0.15, -0.1) is 0 Å². The van der Waals surface area contributed by atoms with E-state index in [1.165, 1.54) is 0 Å². The lowest BCUT2D eigenvalue weighted by atomic mass is 10.1. The van der Waals surface area contributed by atoms with Crippen molar-refractivity contribution in [3.05, 3.63) is 60.2 Å². The summed E-state index contributed by atoms with van der Waals surface area (Å²) >= 11 is 0. The highest BCUT2D eigenvalue weighted by atomic mass is 16.5. The smallest absolute Gasteiger partial charge is 0.254 e. The first-order chi connectivity index (χ1) is 14.0. The summed E-state index contributed by atoms with van der Waals surface area (Å²) in [7, 11) is 2.08. The summed E-state index contributed by atoms with van der Waals surface area (Å²) in [4.78, 5) is 14.4. The number of hydrogen-bond donors (Lipinski definition) is 2. The zero-order valence-electron chi connectivity index (χ0n) is 16.4. The second-order valence-electron chi connectivity index (χ2n) is 7.42. The number of nitrogen functional groups attached to an aromatic ring is 1. The monoisotopic (exact) mass is 391 g/mol. The first kappa shape index (κ1) is 19.0. The van der Waals surface area contributed by atoms with Gasteiger partial charge in [-0.1, -0.05) is 18.2 Å². The van der Waals surface area contributed by atoms with Gasteiger partial charge in [0.25, 0.3) is 5.91 Å². The van der Waals surface area contributed by atoms with Crippen LogP contribution >= 0.6 is 0 Å². The molecule has 0 radical (unpaired) electrons. The average Bonchev–Trinajstić information content (AvgIpc) is 3.07. The fourth-order valence-electron chi connectivity index (χ4n) is 3.82. The Morgan fingerprint density at radius 1 is 1.10 bits per heavy atom. The molecule has 7 heteroatoms. The van der Waals surface area contributed by atoms with Gasteiger partial charge in [0, 0.05) is 12.1 Å². The number of para-hydroxylation sites is 1. The Labute approximate surface area is 169 Å². The van der Waals surface area contributed by atoms with Crippen LogP contribution in [0.3, 0.4) is 0 Å². The highest BCUT2D eigenvalue weighted by molar-refractivity contribution is 6.03. The largest absolute Gasteiger partial charge is 0.457 e. The van der Waals surface area contributed by atoms with Gasteiger partial charge in [-0.25, -0.2) is 4.68 Å². The summed E-state index contributed by atoms with van der Waals surface area (Å²) in [5, 5.41) is 4.70. The van der Waals surface area contributed by atoms with E-state index in [0.29, 0.717) is 17.3 Å². The number of piperidine rings is 1. The standard InChI is InChI=1S/C22H25N5O2/c1-26-13-5-6-16(14-26)27-21(23)19(22(24)28)20(25-27)15-9-11-18(12-10-15)29-17-7-3-2-4-8-17/h2-4,7-12,16H,5-6,13-14,23H2,1H3,(H2,24,28)/t16-/m1/s1. The molecule has 1 aliphatic heterocycles. The Bertz CT molecular complexity index is 998. The second-order valence-corrected chi connectivity index (χ2v) is 7.42. The molecular weight excluding hydrogens is 366 g/mol. The molecule has 4 rings (SSSR count). The zero-order chi connectivity index (χ0) is 20.4. The van der Waals surface area contributed by atoms with Gasteiger partial charge < -0.3 is 21.1 Å². The molecule has 150 valence electrons. The maximum Gasteiger partial charge on any atom is 0.254 e. The third-order valence-corrected chi connectivity index (χ3v) is 5.25. The van der Waals surface area contributed by atoms with E-state index >= 15 is 0 Å². The first-order valence-corrected chi connectivity index (χ1v) is 9.72. The normalized spacial score (nSPS) is 17.2. The minimum absolute atomic E-state index is 0.126. The number of aromatic nitrogens is 2. The van der Waals surface area contributed by atoms with E-state index in [-0.39, 0.29) is 11.6 Å². The SMILES string of the molecule is CN1CCC[C@@H](n2nc(-c3ccc(Oc4ccccc4)cc3)c(C(N)=O)c2N)C1. The zero-order valence-corrected chi connectivity index (χ0v) is 16.4. The molecule has 3 aromatic rings. The van der Waals surface area contributed by atoms with Crippen LogP contribution in [-0.4, -0.2) is 40.7 Å². The van der Waals surface area contributed by atoms with Crippen LogP contribution in [0, 0.1) is 0 Å². The Balaban J connectivity index is 1.65. The number of carbonyl (C=O) groups is 1. The Morgan fingerprint density at radius 3 is 2.45 bits per heavy atom. The molecule has 0 unspecified atom stereocenters. The van der Waals surface area contributed by atoms with Crippen molar-refractivity contribution in [2.24, 2.45) is 5.73 Å². The lowest BCUT2D eigenvalue weighted by Gasteiger charge is -2.30. The quantitative estimate of drug-likeness (QED) is 0.695. The number of nitrogens with two attached hydrogens (primary N) is 2. The van der Waals surface area contributed by atoms with E-state index in [1.807, 2.05) is 54.6 Å². The van der Waals surface area contributed by atoms with E-state index in [2.05, 4.69) is 11.9 Å². The molecule has 0 aliphatic carbocycles. The van der Waals surface area contributed by atoms with Crippen molar-refractivity contribution >= 4 is 11.7 Å². The molecule has 1 aromatic heterocycles. The van der Waals surface area contributed by atoms with E-state index < -0.39 is 5.91 Å². The molecule has 2 heterocycles. The van der Waals surface area contributed by atoms with Crippen molar-refractivity contribution in [2.75, 3.05) is 25.9 Å². The van der Waals surface area contributed by atoms with Gasteiger partial charge >= 0.3 is 0 Å². The van der Waals surface area contributed by atoms with Crippen LogP contribution < -0.4 is 16.2 Å². The fourth-order valence-corrected chi connectivity index (χ4v) is 3.82. The minimum atomic E-state index is -0.572. The van der Waals surface area contributed by atoms with Crippen LogP contribution in [0.2, 0.25) is 0 Å². The van der Waals surface area contributed by atoms with Crippen molar-refractivity contribution in [1.82, 2.24) is 14.7 Å². The predicted molar refractivity (Wildman–Crippen MR) is 113 cm³/mol. The van der Waals surface area contributed by atoms with Crippen molar-refractivity contribution in [1.29, 1.82) is 0 Å². The van der Waals surface area contributed by atoms with E-state index in [1.54, 1.807) is 4.68 Å². The summed E-state index contributed by atoms with van der Waals surface area (Å²) in [6, 6.07) is 17.1. The van der Waals surface area contributed by atoms with Crippen molar-refractivity contribution in [2.45, 2.75) is 18.9 Å². The Hall–Kier alpha value is -3.32. The average molecular weight is 391 g/mol. The van der Waals surface area contributed by atoms with Crippen molar-refractivity contribution < 1.29 is 9.53 Å². The number of primary amides is 1. The summed E-state index contributed by atoms with van der Waals surface area (Å²) in [5.74, 6) is 1.21. The molecule has 1 aliphatic rings. The van der Waals surface area contributed by atoms with Gasteiger partial charge in [-0.05, 0) is 62.8 Å². The van der Waals surface area contributed by atoms with E-state index in [9.17, 15) is 4.79 Å². The first-order valence-electron chi connectivity index (χ1n) is 9.72. The summed E-state index contributed by atoms with van der Waals surface area (Å²) < 4.78 is 7.60. The molecule has 7 nitrogen and oxygen atoms in total. The van der Waals surface area contributed by atoms with Gasteiger partial charge in [0.1, 0.15) is 28.6 Å². The number of rotatable bonds is 5. The number of carbonyl (C=O) groups excluding carboxylic acids is 1. The van der Waals surface area contributed by atoms with Crippen LogP contribution in [0.25, 0.3) is 11.3 Å². The molecule has 1 atom stereocenters. The minimum Gasteiger partial charge on any atom is -0.457 e. The van der Waals surface area contributed by atoms with Crippen LogP contribution in [0.15, 0.2) is 54.6 Å². The maximum atomic E-state index is 12.1. The van der Waals surface area contributed by atoms with Gasteiger partial charge in [-0.3, -0.25) is 4.79 Å². The number of ether oxygens (including phenoxy) is 1. The van der Waals surface area contributed by atoms with E-state index in [4.69, 9.17) is 21.3 Å². The molecule has 0 saturated carbocycles. The second kappa shape index (κ2) is 7.97. The Kier molecular flexibility index (Phi) is 5.22. The summed E-state index contributed by atoms with van der Waals surface area (Å²) in [6.07, 6.45) is 2.03. The molecule has 0 bridgehead atoms. The number of hydrogen-bond acceptors (Lipinski definition) is 5. The van der Waals surface area contributed by atoms with Crippen LogP contribution in [0.1, 0.15) is 29.2 Å². The lowest BCUT2D eigenvalue weighted by molar-refractivity contribution is 0.100. The van der Waals surface area contributed by atoms with Gasteiger partial charge in [0.15, 0.2) is 0 Å². The molecule has 29 heavy (non-hydrogen) atoms. The van der Waals surface area contributed by atoms with Crippen molar-refractivity contribution in [3.8, 4) is 22.8 Å². The number of amides is 1. The Morgan fingerprint density at radius 2 is 1.79 bits per heavy atom. The van der Waals surface area contributed by atoms with Gasteiger partial charge in [0.2, 0.25) is 0 Å². The highest BCUT2D eigenvalue weighted by Crippen LogP contribution is 2.33. The maximum absolute atomic E-state index is 12.1. The molecular formula is C22H25N5O2. The molecule has 1 saturated heterocycles. The van der Waals surface area contributed by atoms with Crippen LogP contribution in [-0.2, 0) is 0 Å².